The Bertz CT molecular complexity index is 1300. The molecule has 3 heterocycles. The van der Waals surface area contributed by atoms with Crippen LogP contribution >= 0.6 is 39.0 Å². The number of fused-ring (bicyclic) bond motifs is 5. The molecule has 0 unspecified atom stereocenters. The second kappa shape index (κ2) is 9.45. The number of aryl methyl sites for hydroxylation is 2. The quantitative estimate of drug-likeness (QED) is 0.227. The van der Waals surface area contributed by atoms with Crippen molar-refractivity contribution in [1.29, 1.82) is 0 Å². The van der Waals surface area contributed by atoms with Crippen LogP contribution in [-0.4, -0.2) is 26.6 Å². The molecule has 1 aliphatic rings. The number of halogens is 1. The number of thiophene rings is 1. The highest BCUT2D eigenvalue weighted by atomic mass is 79.9. The van der Waals surface area contributed by atoms with Crippen LogP contribution in [0, 0.1) is 0 Å². The Morgan fingerprint density at radius 3 is 2.72 bits per heavy atom. The second-order valence-corrected chi connectivity index (χ2v) is 10.8. The van der Waals surface area contributed by atoms with E-state index in [2.05, 4.69) is 38.1 Å². The second-order valence-electron chi connectivity index (χ2n) is 7.96. The summed E-state index contributed by atoms with van der Waals surface area (Å²) < 4.78 is 2.02. The molecule has 1 aromatic carbocycles. The molecule has 0 radical (unpaired) electrons. The summed E-state index contributed by atoms with van der Waals surface area (Å²) in [5.74, 6) is 0.245. The Labute approximate surface area is 203 Å². The van der Waals surface area contributed by atoms with Crippen LogP contribution < -0.4 is 5.32 Å². The maximum Gasteiger partial charge on any atom is 0.234 e. The number of anilines is 1. The number of amides is 1. The third-order valence-corrected chi connectivity index (χ3v) is 8.46. The minimum Gasteiger partial charge on any atom is -0.325 e. The van der Waals surface area contributed by atoms with Gasteiger partial charge in [0.05, 0.1) is 16.0 Å². The fraction of sp³-hybridized carbons (Fsp3) is 0.333. The maximum absolute atomic E-state index is 12.5. The Morgan fingerprint density at radius 2 is 1.94 bits per heavy atom. The zero-order valence-electron chi connectivity index (χ0n) is 17.8. The summed E-state index contributed by atoms with van der Waals surface area (Å²) in [5.41, 5.74) is 5.93. The molecule has 0 bridgehead atoms. The summed E-state index contributed by atoms with van der Waals surface area (Å²) in [6.07, 6.45) is 8.42. The van der Waals surface area contributed by atoms with Crippen molar-refractivity contribution in [2.45, 2.75) is 50.5 Å². The van der Waals surface area contributed by atoms with Gasteiger partial charge in [0.15, 0.2) is 0 Å². The average molecular weight is 528 g/mol. The third-order valence-electron chi connectivity index (χ3n) is 5.73. The van der Waals surface area contributed by atoms with Crippen LogP contribution in [0.5, 0.6) is 0 Å². The first-order valence-corrected chi connectivity index (χ1v) is 13.5. The van der Waals surface area contributed by atoms with Crippen molar-refractivity contribution in [3.05, 3.63) is 51.9 Å². The van der Waals surface area contributed by atoms with Crippen molar-refractivity contribution < 1.29 is 4.79 Å². The Kier molecular flexibility index (Phi) is 6.44. The zero-order valence-corrected chi connectivity index (χ0v) is 21.0. The van der Waals surface area contributed by atoms with E-state index in [1.54, 1.807) is 17.7 Å². The lowest BCUT2D eigenvalue weighted by molar-refractivity contribution is -0.113. The number of thioether (sulfide) groups is 1. The van der Waals surface area contributed by atoms with Crippen molar-refractivity contribution in [2.24, 2.45) is 0 Å². The molecule has 0 saturated carbocycles. The largest absolute Gasteiger partial charge is 0.325 e. The van der Waals surface area contributed by atoms with Crippen molar-refractivity contribution >= 4 is 71.1 Å². The lowest BCUT2D eigenvalue weighted by atomic mass is 9.88. The number of hydrogen-bond acceptors (Lipinski definition) is 6. The molecule has 1 aliphatic carbocycles. The molecule has 32 heavy (non-hydrogen) atoms. The molecule has 164 valence electrons. The van der Waals surface area contributed by atoms with Gasteiger partial charge in [0, 0.05) is 21.2 Å². The van der Waals surface area contributed by atoms with E-state index in [-0.39, 0.29) is 5.91 Å². The minimum atomic E-state index is -0.0501. The third kappa shape index (κ3) is 4.28. The smallest absolute Gasteiger partial charge is 0.234 e. The van der Waals surface area contributed by atoms with Gasteiger partial charge in [-0.05, 0) is 67.5 Å². The first kappa shape index (κ1) is 21.8. The summed E-state index contributed by atoms with van der Waals surface area (Å²) in [6, 6.07) is 7.58. The van der Waals surface area contributed by atoms with Crippen molar-refractivity contribution in [3.8, 4) is 0 Å². The predicted octanol–water partition coefficient (Wildman–Crippen LogP) is 6.56. The highest BCUT2D eigenvalue weighted by Gasteiger charge is 2.23. The Morgan fingerprint density at radius 1 is 1.16 bits per heavy atom. The van der Waals surface area contributed by atoms with E-state index < -0.39 is 0 Å². The zero-order chi connectivity index (χ0) is 22.1. The molecule has 8 heteroatoms. The van der Waals surface area contributed by atoms with Crippen LogP contribution in [-0.2, 0) is 24.1 Å². The molecule has 0 fully saturated rings. The summed E-state index contributed by atoms with van der Waals surface area (Å²) in [7, 11) is 0. The monoisotopic (exact) mass is 526 g/mol. The number of carbonyl (C=O) groups is 1. The van der Waals surface area contributed by atoms with Crippen molar-refractivity contribution in [1.82, 2.24) is 15.0 Å². The van der Waals surface area contributed by atoms with Crippen LogP contribution in [0.2, 0.25) is 0 Å². The Balaban J connectivity index is 1.46. The van der Waals surface area contributed by atoms with Gasteiger partial charge >= 0.3 is 0 Å². The Hall–Kier alpha value is -2.03. The van der Waals surface area contributed by atoms with Crippen molar-refractivity contribution in [3.63, 3.8) is 0 Å². The predicted molar refractivity (Wildman–Crippen MR) is 137 cm³/mol. The number of hydrogen-bond donors (Lipinski definition) is 1. The molecule has 0 aliphatic heterocycles. The summed E-state index contributed by atoms with van der Waals surface area (Å²) in [5, 5.41) is 5.01. The summed E-state index contributed by atoms with van der Waals surface area (Å²) >= 11 is 6.53. The molecule has 4 aromatic rings. The molecule has 0 atom stereocenters. The molecule has 0 saturated heterocycles. The van der Waals surface area contributed by atoms with Gasteiger partial charge < -0.3 is 5.32 Å². The van der Waals surface area contributed by atoms with Crippen LogP contribution in [0.3, 0.4) is 0 Å². The van der Waals surface area contributed by atoms with Gasteiger partial charge in [-0.2, -0.15) is 0 Å². The molecular weight excluding hydrogens is 504 g/mol. The summed E-state index contributed by atoms with van der Waals surface area (Å²) in [6.45, 7) is 2.21. The summed E-state index contributed by atoms with van der Waals surface area (Å²) in [4.78, 5) is 27.8. The molecule has 3 aromatic heterocycles. The lowest BCUT2D eigenvalue weighted by Gasteiger charge is -2.19. The van der Waals surface area contributed by atoms with Crippen LogP contribution in [0.15, 0.2) is 40.1 Å². The van der Waals surface area contributed by atoms with Gasteiger partial charge in [0.25, 0.3) is 0 Å². The minimum absolute atomic E-state index is 0.0501. The highest BCUT2D eigenvalue weighted by Crippen LogP contribution is 2.41. The molecule has 5 nitrogen and oxygen atoms in total. The van der Waals surface area contributed by atoms with E-state index in [9.17, 15) is 4.79 Å². The van der Waals surface area contributed by atoms with Gasteiger partial charge in [-0.1, -0.05) is 41.0 Å². The standard InChI is InChI=1S/C24H23BrN4OS2/c1-2-5-18-16-6-3-4-7-17(16)20-21-22(32-23(20)29-18)24(27-13-26-21)31-12-19(30)28-15-10-8-14(25)9-11-15/h8-11,13H,2-7,12H2,1H3,(H,28,30). The van der Waals surface area contributed by atoms with Crippen molar-refractivity contribution in [2.75, 3.05) is 11.1 Å². The highest BCUT2D eigenvalue weighted by molar-refractivity contribution is 9.10. The van der Waals surface area contributed by atoms with Crippen LogP contribution in [0.4, 0.5) is 5.69 Å². The SMILES string of the molecule is CCCc1nc2sc3c(SCC(=O)Nc4ccc(Br)cc4)ncnc3c2c2c1CCCC2. The first-order chi connectivity index (χ1) is 15.6. The van der Waals surface area contributed by atoms with E-state index >= 15 is 0 Å². The number of aromatic nitrogens is 3. The number of carbonyl (C=O) groups excluding carboxylic acids is 1. The van der Waals surface area contributed by atoms with Gasteiger partial charge in [-0.3, -0.25) is 4.79 Å². The van der Waals surface area contributed by atoms with E-state index in [0.29, 0.717) is 5.75 Å². The number of benzene rings is 1. The van der Waals surface area contributed by atoms with E-state index in [1.807, 2.05) is 24.3 Å². The number of nitrogens with one attached hydrogen (secondary N) is 1. The molecule has 1 N–H and O–H groups in total. The van der Waals surface area contributed by atoms with E-state index in [4.69, 9.17) is 4.98 Å². The first-order valence-electron chi connectivity index (χ1n) is 10.9. The number of nitrogens with zero attached hydrogens (tertiary/aromatic N) is 3. The lowest BCUT2D eigenvalue weighted by Crippen LogP contribution is -2.14. The van der Waals surface area contributed by atoms with E-state index in [1.165, 1.54) is 46.8 Å². The van der Waals surface area contributed by atoms with Gasteiger partial charge in [0.1, 0.15) is 16.2 Å². The van der Waals surface area contributed by atoms with Crippen LogP contribution in [0.25, 0.3) is 20.4 Å². The fourth-order valence-corrected chi connectivity index (χ4v) is 6.65. The topological polar surface area (TPSA) is 67.8 Å². The van der Waals surface area contributed by atoms with Gasteiger partial charge in [-0.15, -0.1) is 11.3 Å². The molecule has 1 amide bonds. The molecule has 5 rings (SSSR count). The molecule has 0 spiro atoms. The molecular formula is C24H23BrN4OS2. The van der Waals surface area contributed by atoms with Gasteiger partial charge in [0.2, 0.25) is 5.91 Å². The fourth-order valence-electron chi connectivity index (χ4n) is 4.33. The average Bonchev–Trinajstić information content (AvgIpc) is 3.19. The van der Waals surface area contributed by atoms with E-state index in [0.717, 1.165) is 55.9 Å². The van der Waals surface area contributed by atoms with Crippen LogP contribution in [0.1, 0.15) is 43.0 Å². The normalized spacial score (nSPS) is 13.4. The number of pyridine rings is 1. The number of rotatable bonds is 6. The van der Waals surface area contributed by atoms with Gasteiger partial charge in [-0.25, -0.2) is 15.0 Å². The maximum atomic E-state index is 12.5.